The molecule has 7 nitrogen and oxygen atoms in total. The number of nitrogens with one attached hydrogen (secondary N) is 1. The lowest BCUT2D eigenvalue weighted by atomic mass is 10.3. The molecular weight excluding hydrogens is 345 g/mol. The number of rotatable bonds is 13. The molecule has 0 amide bonds. The van der Waals surface area contributed by atoms with Gasteiger partial charge in [-0.3, -0.25) is 9.32 Å². The maximum atomic E-state index is 12.9. The smallest absolute Gasteiger partial charge is 0.459 e. The normalized spacial score (nSPS) is 14.5. The molecule has 0 bridgehead atoms. The monoisotopic (exact) mass is 373 g/mol. The van der Waals surface area contributed by atoms with Crippen molar-refractivity contribution in [2.75, 3.05) is 26.9 Å². The van der Waals surface area contributed by atoms with E-state index in [2.05, 4.69) is 5.09 Å². The molecule has 1 aromatic carbocycles. The Balaban J connectivity index is 2.66. The van der Waals surface area contributed by atoms with Crippen LogP contribution in [0.5, 0.6) is 5.75 Å². The maximum Gasteiger partial charge on any atom is 0.459 e. The molecule has 142 valence electrons. The van der Waals surface area contributed by atoms with Gasteiger partial charge in [-0.05, 0) is 25.0 Å². The van der Waals surface area contributed by atoms with E-state index < -0.39 is 13.7 Å². The van der Waals surface area contributed by atoms with E-state index in [0.717, 1.165) is 12.8 Å². The lowest BCUT2D eigenvalue weighted by Gasteiger charge is -2.22. The van der Waals surface area contributed by atoms with Crippen LogP contribution in [0.2, 0.25) is 0 Å². The van der Waals surface area contributed by atoms with Crippen molar-refractivity contribution in [2.24, 2.45) is 0 Å². The molecule has 0 aliphatic heterocycles. The number of hydrogen-bond donors (Lipinski definition) is 1. The molecule has 0 aliphatic carbocycles. The van der Waals surface area contributed by atoms with Crippen LogP contribution in [-0.4, -0.2) is 38.9 Å². The summed E-state index contributed by atoms with van der Waals surface area (Å²) in [4.78, 5) is 11.7. The summed E-state index contributed by atoms with van der Waals surface area (Å²) in [5, 5.41) is 2.56. The number of benzene rings is 1. The highest BCUT2D eigenvalue weighted by atomic mass is 31.2. The fraction of sp³-hybridized carbons (Fsp3) is 0.588. The van der Waals surface area contributed by atoms with Crippen LogP contribution < -0.4 is 9.61 Å². The number of unbranched alkanes of at least 4 members (excludes halogenated alkanes) is 1. The van der Waals surface area contributed by atoms with Crippen LogP contribution in [0.3, 0.4) is 0 Å². The molecule has 0 radical (unpaired) electrons. The van der Waals surface area contributed by atoms with Gasteiger partial charge < -0.3 is 14.0 Å². The molecule has 0 heterocycles. The first-order valence-electron chi connectivity index (χ1n) is 8.45. The van der Waals surface area contributed by atoms with Gasteiger partial charge >= 0.3 is 13.7 Å². The van der Waals surface area contributed by atoms with E-state index in [0.29, 0.717) is 18.8 Å². The van der Waals surface area contributed by atoms with E-state index in [4.69, 9.17) is 18.5 Å². The molecule has 25 heavy (non-hydrogen) atoms. The van der Waals surface area contributed by atoms with E-state index in [9.17, 15) is 9.36 Å². The molecule has 2 atom stereocenters. The van der Waals surface area contributed by atoms with E-state index in [1.54, 1.807) is 31.4 Å². The lowest BCUT2D eigenvalue weighted by molar-refractivity contribution is -0.142. The Hall–Kier alpha value is -1.40. The van der Waals surface area contributed by atoms with Gasteiger partial charge in [-0.2, -0.15) is 0 Å². The summed E-state index contributed by atoms with van der Waals surface area (Å²) in [5.41, 5.74) is 0. The molecule has 8 heteroatoms. The number of carbonyl (C=O) groups excluding carboxylic acids is 1. The van der Waals surface area contributed by atoms with Crippen molar-refractivity contribution in [3.63, 3.8) is 0 Å². The fourth-order valence-corrected chi connectivity index (χ4v) is 3.09. The highest BCUT2D eigenvalue weighted by Crippen LogP contribution is 2.44. The molecule has 0 aliphatic rings. The Bertz CT molecular complexity index is 535. The molecule has 0 spiro atoms. The van der Waals surface area contributed by atoms with E-state index in [1.165, 1.54) is 0 Å². The molecular formula is C17H28NO6P. The molecule has 1 aromatic rings. The van der Waals surface area contributed by atoms with Crippen LogP contribution >= 0.6 is 7.75 Å². The zero-order valence-electron chi connectivity index (χ0n) is 15.1. The topological polar surface area (TPSA) is 83.1 Å². The van der Waals surface area contributed by atoms with Crippen molar-refractivity contribution in [3.8, 4) is 5.75 Å². The van der Waals surface area contributed by atoms with Gasteiger partial charge in [0, 0.05) is 7.11 Å². The van der Waals surface area contributed by atoms with Crippen molar-refractivity contribution in [1.29, 1.82) is 0 Å². The second kappa shape index (κ2) is 12.0. The summed E-state index contributed by atoms with van der Waals surface area (Å²) in [7, 11) is -2.19. The minimum absolute atomic E-state index is 0.0784. The Morgan fingerprint density at radius 3 is 2.56 bits per heavy atom. The number of carbonyl (C=O) groups is 1. The summed E-state index contributed by atoms with van der Waals surface area (Å²) < 4.78 is 34.1. The molecule has 0 saturated carbocycles. The third kappa shape index (κ3) is 9.02. The van der Waals surface area contributed by atoms with Crippen LogP contribution in [0.4, 0.5) is 0 Å². The summed E-state index contributed by atoms with van der Waals surface area (Å²) in [6.07, 6.45) is 2.19. The third-order valence-electron chi connectivity index (χ3n) is 3.37. The Labute approximate surface area is 149 Å². The van der Waals surface area contributed by atoms with Crippen LogP contribution in [0.15, 0.2) is 30.3 Å². The minimum atomic E-state index is -3.75. The molecule has 1 rings (SSSR count). The fourth-order valence-electron chi connectivity index (χ4n) is 1.80. The Kier molecular flexibility index (Phi) is 10.4. The zero-order valence-corrected chi connectivity index (χ0v) is 16.0. The highest BCUT2D eigenvalue weighted by Gasteiger charge is 2.29. The molecule has 2 unspecified atom stereocenters. The van der Waals surface area contributed by atoms with Gasteiger partial charge in [0.25, 0.3) is 0 Å². The highest BCUT2D eigenvalue weighted by molar-refractivity contribution is 7.52. The van der Waals surface area contributed by atoms with Gasteiger partial charge in [-0.1, -0.05) is 38.5 Å². The molecule has 0 fully saturated rings. The summed E-state index contributed by atoms with van der Waals surface area (Å²) in [6, 6.07) is 8.64. The average Bonchev–Trinajstić information content (AvgIpc) is 2.62. The first kappa shape index (κ1) is 21.6. The number of para-hydroxylation sites is 1. The summed E-state index contributed by atoms with van der Waals surface area (Å²) in [5.74, 6) is -0.129. The largest absolute Gasteiger partial charge is 0.465 e. The van der Waals surface area contributed by atoms with Gasteiger partial charge in [0.1, 0.15) is 12.3 Å². The van der Waals surface area contributed by atoms with Crippen molar-refractivity contribution >= 4 is 13.7 Å². The first-order valence-corrected chi connectivity index (χ1v) is 10.00. The summed E-state index contributed by atoms with van der Waals surface area (Å²) >= 11 is 0. The van der Waals surface area contributed by atoms with Crippen molar-refractivity contribution in [2.45, 2.75) is 39.2 Å². The molecule has 0 saturated heterocycles. The second-order valence-electron chi connectivity index (χ2n) is 5.37. The Morgan fingerprint density at radius 2 is 1.96 bits per heavy atom. The van der Waals surface area contributed by atoms with Crippen molar-refractivity contribution < 1.29 is 27.9 Å². The number of ether oxygens (including phenoxy) is 2. The Morgan fingerprint density at radius 1 is 1.24 bits per heavy atom. The van der Waals surface area contributed by atoms with Gasteiger partial charge in [0.05, 0.1) is 19.3 Å². The van der Waals surface area contributed by atoms with Gasteiger partial charge in [0.15, 0.2) is 0 Å². The molecule has 0 aromatic heterocycles. The van der Waals surface area contributed by atoms with Gasteiger partial charge in [-0.15, -0.1) is 0 Å². The van der Waals surface area contributed by atoms with Gasteiger partial charge in [-0.25, -0.2) is 9.65 Å². The number of methoxy groups -OCH3 is 1. The van der Waals surface area contributed by atoms with Crippen molar-refractivity contribution in [3.05, 3.63) is 30.3 Å². The third-order valence-corrected chi connectivity index (χ3v) is 4.85. The van der Waals surface area contributed by atoms with E-state index >= 15 is 0 Å². The number of hydrogen-bond acceptors (Lipinski definition) is 6. The minimum Gasteiger partial charge on any atom is -0.465 e. The predicted octanol–water partition coefficient (Wildman–Crippen LogP) is 3.55. The lowest BCUT2D eigenvalue weighted by Crippen LogP contribution is -2.27. The SMILES string of the molecule is CCCCOC(=O)CNP(=O)(OCC(CC)OC)Oc1ccccc1. The second-order valence-corrected chi connectivity index (χ2v) is 7.12. The number of esters is 1. The van der Waals surface area contributed by atoms with Crippen LogP contribution in [0.1, 0.15) is 33.1 Å². The quantitative estimate of drug-likeness (QED) is 0.322. The van der Waals surface area contributed by atoms with E-state index in [-0.39, 0.29) is 19.3 Å². The zero-order chi connectivity index (χ0) is 18.5. The standard InChI is InChI=1S/C17H28NO6P/c1-4-6-12-22-17(19)13-18-25(20,23-14-15(5-2)21-3)24-16-10-8-7-9-11-16/h7-11,15H,4-6,12-14H2,1-3H3,(H,18,20). The van der Waals surface area contributed by atoms with Crippen LogP contribution in [0.25, 0.3) is 0 Å². The molecule has 1 N–H and O–H groups in total. The predicted molar refractivity (Wildman–Crippen MR) is 95.6 cm³/mol. The summed E-state index contributed by atoms with van der Waals surface area (Å²) in [6.45, 7) is 4.08. The van der Waals surface area contributed by atoms with Crippen LogP contribution in [0, 0.1) is 0 Å². The van der Waals surface area contributed by atoms with Crippen molar-refractivity contribution in [1.82, 2.24) is 5.09 Å². The van der Waals surface area contributed by atoms with Gasteiger partial charge in [0.2, 0.25) is 0 Å². The van der Waals surface area contributed by atoms with Crippen LogP contribution in [-0.2, 0) is 23.4 Å². The first-order chi connectivity index (χ1) is 12.0. The maximum absolute atomic E-state index is 12.9. The average molecular weight is 373 g/mol. The van der Waals surface area contributed by atoms with E-state index in [1.807, 2.05) is 19.9 Å².